The highest BCUT2D eigenvalue weighted by Crippen LogP contribution is 2.48. The summed E-state index contributed by atoms with van der Waals surface area (Å²) < 4.78 is 0. The van der Waals surface area contributed by atoms with Crippen LogP contribution in [0.3, 0.4) is 0 Å². The van der Waals surface area contributed by atoms with Crippen molar-refractivity contribution in [2.24, 2.45) is 5.92 Å². The lowest BCUT2D eigenvalue weighted by atomic mass is 10.1. The summed E-state index contributed by atoms with van der Waals surface area (Å²) in [6.45, 7) is 2.58. The second-order valence-electron chi connectivity index (χ2n) is 7.23. The molecule has 4 nitrogen and oxygen atoms in total. The van der Waals surface area contributed by atoms with E-state index in [2.05, 4.69) is 12.1 Å². The molecule has 2 fully saturated rings. The van der Waals surface area contributed by atoms with E-state index >= 15 is 0 Å². The predicted octanol–water partition coefficient (Wildman–Crippen LogP) is 2.70. The van der Waals surface area contributed by atoms with Crippen LogP contribution in [0.1, 0.15) is 23.5 Å². The van der Waals surface area contributed by atoms with Crippen LogP contribution in [0.25, 0.3) is 0 Å². The summed E-state index contributed by atoms with van der Waals surface area (Å²) in [4.78, 5) is 29.0. The summed E-state index contributed by atoms with van der Waals surface area (Å²) in [5, 5.41) is 0. The van der Waals surface area contributed by atoms with Crippen molar-refractivity contribution in [3.05, 3.63) is 71.8 Å². The fourth-order valence-electron chi connectivity index (χ4n) is 3.83. The third-order valence-corrected chi connectivity index (χ3v) is 5.48. The van der Waals surface area contributed by atoms with Crippen molar-refractivity contribution in [3.8, 4) is 0 Å². The van der Waals surface area contributed by atoms with E-state index in [1.807, 2.05) is 58.3 Å². The quantitative estimate of drug-likeness (QED) is 0.852. The number of carbonyl (C=O) groups is 2. The number of hydrogen-bond acceptors (Lipinski definition) is 2. The minimum absolute atomic E-state index is 0.129. The standard InChI is InChI=1S/C22H24N2O2/c25-21(15-17-7-3-1-4-8-17)23-11-13-24(14-12-23)22(26)20-16-19(20)18-9-5-2-6-10-18/h1-10,19-20H,11-16H2. The lowest BCUT2D eigenvalue weighted by Gasteiger charge is -2.35. The molecule has 0 aromatic heterocycles. The van der Waals surface area contributed by atoms with E-state index in [-0.39, 0.29) is 17.7 Å². The van der Waals surface area contributed by atoms with Gasteiger partial charge in [0.2, 0.25) is 11.8 Å². The number of nitrogens with zero attached hydrogens (tertiary/aromatic N) is 2. The Kier molecular flexibility index (Phi) is 4.74. The van der Waals surface area contributed by atoms with Crippen LogP contribution in [0.2, 0.25) is 0 Å². The maximum absolute atomic E-state index is 12.7. The maximum Gasteiger partial charge on any atom is 0.227 e. The molecule has 134 valence electrons. The first-order valence-corrected chi connectivity index (χ1v) is 9.38. The number of amides is 2. The first-order valence-electron chi connectivity index (χ1n) is 9.38. The van der Waals surface area contributed by atoms with Crippen LogP contribution in [0.5, 0.6) is 0 Å². The molecule has 0 spiro atoms. The van der Waals surface area contributed by atoms with Gasteiger partial charge in [-0.05, 0) is 23.5 Å². The van der Waals surface area contributed by atoms with Gasteiger partial charge in [-0.2, -0.15) is 0 Å². The van der Waals surface area contributed by atoms with Crippen LogP contribution in [0, 0.1) is 5.92 Å². The zero-order chi connectivity index (χ0) is 17.9. The van der Waals surface area contributed by atoms with Crippen LogP contribution >= 0.6 is 0 Å². The zero-order valence-electron chi connectivity index (χ0n) is 14.9. The molecule has 4 heteroatoms. The van der Waals surface area contributed by atoms with Crippen LogP contribution in [0.4, 0.5) is 0 Å². The Labute approximate surface area is 154 Å². The molecule has 0 N–H and O–H groups in total. The highest BCUT2D eigenvalue weighted by Gasteiger charge is 2.46. The Hall–Kier alpha value is -2.62. The van der Waals surface area contributed by atoms with E-state index in [1.54, 1.807) is 0 Å². The van der Waals surface area contributed by atoms with Gasteiger partial charge in [-0.1, -0.05) is 60.7 Å². The summed E-state index contributed by atoms with van der Waals surface area (Å²) in [7, 11) is 0. The van der Waals surface area contributed by atoms with Gasteiger partial charge in [0.05, 0.1) is 6.42 Å². The SMILES string of the molecule is O=C(Cc1ccccc1)N1CCN(C(=O)C2CC2c2ccccc2)CC1. The van der Waals surface area contributed by atoms with Crippen LogP contribution in [0.15, 0.2) is 60.7 Å². The number of piperazine rings is 1. The van der Waals surface area contributed by atoms with Gasteiger partial charge in [-0.3, -0.25) is 9.59 Å². The second-order valence-corrected chi connectivity index (χ2v) is 7.23. The fraction of sp³-hybridized carbons (Fsp3) is 0.364. The van der Waals surface area contributed by atoms with E-state index in [9.17, 15) is 9.59 Å². The summed E-state index contributed by atoms with van der Waals surface area (Å²) in [5.74, 6) is 0.913. The van der Waals surface area contributed by atoms with E-state index in [0.717, 1.165) is 12.0 Å². The molecule has 1 saturated carbocycles. The van der Waals surface area contributed by atoms with Gasteiger partial charge in [-0.25, -0.2) is 0 Å². The molecule has 0 radical (unpaired) electrons. The first kappa shape index (κ1) is 16.8. The van der Waals surface area contributed by atoms with Gasteiger partial charge in [0.15, 0.2) is 0 Å². The number of benzene rings is 2. The molecule has 1 aliphatic carbocycles. The fourth-order valence-corrected chi connectivity index (χ4v) is 3.83. The lowest BCUT2D eigenvalue weighted by Crippen LogP contribution is -2.51. The molecule has 4 rings (SSSR count). The molecule has 1 saturated heterocycles. The van der Waals surface area contributed by atoms with Gasteiger partial charge in [0.1, 0.15) is 0 Å². The molecule has 26 heavy (non-hydrogen) atoms. The highest BCUT2D eigenvalue weighted by molar-refractivity contribution is 5.84. The van der Waals surface area contributed by atoms with Crippen molar-refractivity contribution in [1.29, 1.82) is 0 Å². The average molecular weight is 348 g/mol. The first-order chi connectivity index (χ1) is 12.7. The molecule has 2 aromatic rings. The van der Waals surface area contributed by atoms with Gasteiger partial charge >= 0.3 is 0 Å². The molecule has 0 bridgehead atoms. The Morgan fingerprint density at radius 2 is 1.38 bits per heavy atom. The van der Waals surface area contributed by atoms with Crippen molar-refractivity contribution in [2.75, 3.05) is 26.2 Å². The molecule has 2 amide bonds. The molecular formula is C22H24N2O2. The Morgan fingerprint density at radius 1 is 0.808 bits per heavy atom. The second kappa shape index (κ2) is 7.32. The van der Waals surface area contributed by atoms with Gasteiger partial charge < -0.3 is 9.80 Å². The van der Waals surface area contributed by atoms with Crippen molar-refractivity contribution < 1.29 is 9.59 Å². The molecule has 1 heterocycles. The predicted molar refractivity (Wildman–Crippen MR) is 101 cm³/mol. The maximum atomic E-state index is 12.7. The Morgan fingerprint density at radius 3 is 2.04 bits per heavy atom. The number of hydrogen-bond donors (Lipinski definition) is 0. The molecule has 2 unspecified atom stereocenters. The lowest BCUT2D eigenvalue weighted by molar-refractivity contribution is -0.140. The highest BCUT2D eigenvalue weighted by atomic mass is 16.2. The molecule has 1 aliphatic heterocycles. The van der Waals surface area contributed by atoms with E-state index in [0.29, 0.717) is 38.5 Å². The van der Waals surface area contributed by atoms with E-state index < -0.39 is 0 Å². The normalized spacial score (nSPS) is 22.2. The van der Waals surface area contributed by atoms with Crippen molar-refractivity contribution >= 4 is 11.8 Å². The van der Waals surface area contributed by atoms with Crippen molar-refractivity contribution in [2.45, 2.75) is 18.8 Å². The minimum Gasteiger partial charge on any atom is -0.339 e. The third-order valence-electron chi connectivity index (χ3n) is 5.48. The van der Waals surface area contributed by atoms with Gasteiger partial charge in [0.25, 0.3) is 0 Å². The summed E-state index contributed by atoms with van der Waals surface area (Å²) >= 11 is 0. The van der Waals surface area contributed by atoms with Crippen molar-refractivity contribution in [1.82, 2.24) is 9.80 Å². The van der Waals surface area contributed by atoms with Gasteiger partial charge in [0, 0.05) is 32.1 Å². The minimum atomic E-state index is 0.129. The van der Waals surface area contributed by atoms with Crippen LogP contribution in [-0.2, 0) is 16.0 Å². The molecule has 2 aromatic carbocycles. The summed E-state index contributed by atoms with van der Waals surface area (Å²) in [5.41, 5.74) is 2.31. The molecule has 2 atom stereocenters. The molecule has 2 aliphatic rings. The largest absolute Gasteiger partial charge is 0.339 e. The Balaban J connectivity index is 1.27. The zero-order valence-corrected chi connectivity index (χ0v) is 14.9. The average Bonchev–Trinajstić information content (AvgIpc) is 3.50. The summed E-state index contributed by atoms with van der Waals surface area (Å²) in [6.07, 6.45) is 1.39. The topological polar surface area (TPSA) is 40.6 Å². The monoisotopic (exact) mass is 348 g/mol. The Bertz CT molecular complexity index is 767. The molecular weight excluding hydrogens is 324 g/mol. The third kappa shape index (κ3) is 3.64. The van der Waals surface area contributed by atoms with Gasteiger partial charge in [-0.15, -0.1) is 0 Å². The van der Waals surface area contributed by atoms with Crippen LogP contribution < -0.4 is 0 Å². The van der Waals surface area contributed by atoms with Crippen molar-refractivity contribution in [3.63, 3.8) is 0 Å². The number of rotatable bonds is 4. The van der Waals surface area contributed by atoms with E-state index in [4.69, 9.17) is 0 Å². The number of carbonyl (C=O) groups excluding carboxylic acids is 2. The van der Waals surface area contributed by atoms with Crippen LogP contribution in [-0.4, -0.2) is 47.8 Å². The van der Waals surface area contributed by atoms with E-state index in [1.165, 1.54) is 5.56 Å². The smallest absolute Gasteiger partial charge is 0.227 e. The summed E-state index contributed by atoms with van der Waals surface area (Å²) in [6, 6.07) is 20.1.